The molecule has 6 heteroatoms. The van der Waals surface area contributed by atoms with E-state index in [-0.39, 0.29) is 29.8 Å². The molecule has 2 atom stereocenters. The highest BCUT2D eigenvalue weighted by Crippen LogP contribution is 2.30. The number of nitrogens with zero attached hydrogens (tertiary/aromatic N) is 3. The first kappa shape index (κ1) is 16.3. The van der Waals surface area contributed by atoms with E-state index in [1.807, 2.05) is 17.0 Å². The molecule has 0 bridgehead atoms. The minimum atomic E-state index is -0.207. The van der Waals surface area contributed by atoms with Gasteiger partial charge in [-0.3, -0.25) is 14.6 Å². The molecule has 0 spiro atoms. The lowest BCUT2D eigenvalue weighted by atomic mass is 9.91. The number of rotatable bonds is 2. The highest BCUT2D eigenvalue weighted by molar-refractivity contribution is 5.95. The molecule has 0 N–H and O–H groups in total. The number of hydrogen-bond donors (Lipinski definition) is 0. The number of pyridine rings is 1. The van der Waals surface area contributed by atoms with Crippen molar-refractivity contribution < 1.29 is 14.3 Å². The summed E-state index contributed by atoms with van der Waals surface area (Å²) in [4.78, 5) is 33.5. The Labute approximate surface area is 147 Å². The van der Waals surface area contributed by atoms with Crippen LogP contribution in [0.3, 0.4) is 0 Å². The Morgan fingerprint density at radius 2 is 2.08 bits per heavy atom. The summed E-state index contributed by atoms with van der Waals surface area (Å²) < 4.78 is 5.98. The van der Waals surface area contributed by atoms with Gasteiger partial charge in [0.2, 0.25) is 11.8 Å². The summed E-state index contributed by atoms with van der Waals surface area (Å²) in [7, 11) is 0. The molecule has 0 unspecified atom stereocenters. The van der Waals surface area contributed by atoms with Crippen molar-refractivity contribution in [1.82, 2.24) is 9.88 Å². The normalized spacial score (nSPS) is 27.3. The molecule has 6 nitrogen and oxygen atoms in total. The average Bonchev–Trinajstić information content (AvgIpc) is 3.14. The van der Waals surface area contributed by atoms with Gasteiger partial charge >= 0.3 is 0 Å². The lowest BCUT2D eigenvalue weighted by Gasteiger charge is -2.38. The molecule has 0 saturated carbocycles. The Hall–Kier alpha value is -2.21. The molecule has 4 rings (SSSR count). The number of piperidine rings is 1. The number of aromatic nitrogens is 1. The van der Waals surface area contributed by atoms with Crippen molar-refractivity contribution in [2.45, 2.75) is 25.4 Å². The Morgan fingerprint density at radius 1 is 1.24 bits per heavy atom. The van der Waals surface area contributed by atoms with E-state index in [0.29, 0.717) is 32.7 Å². The van der Waals surface area contributed by atoms with Crippen molar-refractivity contribution >= 4 is 17.5 Å². The Bertz CT molecular complexity index is 668. The van der Waals surface area contributed by atoms with Gasteiger partial charge in [0.25, 0.3) is 0 Å². The maximum absolute atomic E-state index is 13.0. The lowest BCUT2D eigenvalue weighted by molar-refractivity contribution is -0.144. The predicted molar refractivity (Wildman–Crippen MR) is 92.9 cm³/mol. The number of likely N-dealkylation sites (tertiary alicyclic amines) is 1. The van der Waals surface area contributed by atoms with Crippen LogP contribution in [0, 0.1) is 11.8 Å². The molecule has 1 aliphatic carbocycles. The van der Waals surface area contributed by atoms with Crippen molar-refractivity contribution in [3.63, 3.8) is 0 Å². The predicted octanol–water partition coefficient (Wildman–Crippen LogP) is 1.63. The summed E-state index contributed by atoms with van der Waals surface area (Å²) in [6.07, 6.45) is 9.68. The summed E-state index contributed by atoms with van der Waals surface area (Å²) in [5.41, 5.74) is 0.812. The third-order valence-electron chi connectivity index (χ3n) is 5.42. The quantitative estimate of drug-likeness (QED) is 0.767. The maximum atomic E-state index is 13.0. The number of ether oxygens (including phenoxy) is 1. The number of anilines is 1. The fourth-order valence-corrected chi connectivity index (χ4v) is 4.02. The van der Waals surface area contributed by atoms with E-state index in [1.54, 1.807) is 17.3 Å². The van der Waals surface area contributed by atoms with Gasteiger partial charge in [-0.2, -0.15) is 0 Å². The molecule has 3 heterocycles. The van der Waals surface area contributed by atoms with Crippen LogP contribution in [0.5, 0.6) is 0 Å². The van der Waals surface area contributed by atoms with Gasteiger partial charge in [0.15, 0.2) is 0 Å². The van der Waals surface area contributed by atoms with Gasteiger partial charge in [0.05, 0.1) is 30.5 Å². The number of amides is 2. The number of carbonyl (C=O) groups is 2. The summed E-state index contributed by atoms with van der Waals surface area (Å²) in [6, 6.07) is 3.74. The van der Waals surface area contributed by atoms with Gasteiger partial charge in [-0.15, -0.1) is 0 Å². The van der Waals surface area contributed by atoms with Crippen molar-refractivity contribution in [2.75, 3.05) is 31.1 Å². The van der Waals surface area contributed by atoms with E-state index in [2.05, 4.69) is 17.1 Å². The van der Waals surface area contributed by atoms with Gasteiger partial charge in [0, 0.05) is 31.7 Å². The van der Waals surface area contributed by atoms with Crippen LogP contribution in [0.1, 0.15) is 19.3 Å². The van der Waals surface area contributed by atoms with Gasteiger partial charge < -0.3 is 14.5 Å². The molecule has 3 aliphatic rings. The van der Waals surface area contributed by atoms with Crippen LogP contribution in [0.15, 0.2) is 36.7 Å². The molecular formula is C19H23N3O3. The van der Waals surface area contributed by atoms with Crippen LogP contribution in [-0.2, 0) is 14.3 Å². The van der Waals surface area contributed by atoms with Crippen LogP contribution >= 0.6 is 0 Å². The zero-order valence-corrected chi connectivity index (χ0v) is 14.2. The summed E-state index contributed by atoms with van der Waals surface area (Å²) >= 11 is 0. The van der Waals surface area contributed by atoms with E-state index in [1.165, 1.54) is 0 Å². The molecule has 1 aromatic heterocycles. The maximum Gasteiger partial charge on any atom is 0.232 e. The Balaban J connectivity index is 1.46. The fourth-order valence-electron chi connectivity index (χ4n) is 4.02. The second-order valence-corrected chi connectivity index (χ2v) is 6.93. The van der Waals surface area contributed by atoms with Crippen LogP contribution in [0.2, 0.25) is 0 Å². The summed E-state index contributed by atoms with van der Waals surface area (Å²) in [6.45, 7) is 2.16. The highest BCUT2D eigenvalue weighted by atomic mass is 16.5. The zero-order valence-electron chi connectivity index (χ0n) is 14.2. The molecule has 2 fully saturated rings. The average molecular weight is 341 g/mol. The minimum Gasteiger partial charge on any atom is -0.374 e. The first-order valence-corrected chi connectivity index (χ1v) is 9.01. The van der Waals surface area contributed by atoms with Gasteiger partial charge in [-0.1, -0.05) is 12.2 Å². The van der Waals surface area contributed by atoms with Crippen molar-refractivity contribution in [1.29, 1.82) is 0 Å². The smallest absolute Gasteiger partial charge is 0.232 e. The van der Waals surface area contributed by atoms with Crippen molar-refractivity contribution in [3.8, 4) is 0 Å². The zero-order chi connectivity index (χ0) is 17.2. The van der Waals surface area contributed by atoms with E-state index < -0.39 is 0 Å². The summed E-state index contributed by atoms with van der Waals surface area (Å²) in [5.74, 6) is 0.177. The monoisotopic (exact) mass is 341 g/mol. The van der Waals surface area contributed by atoms with Crippen LogP contribution in [-0.4, -0.2) is 54.0 Å². The second kappa shape index (κ2) is 6.96. The molecule has 0 radical (unpaired) electrons. The Kier molecular flexibility index (Phi) is 4.53. The third-order valence-corrected chi connectivity index (χ3v) is 5.42. The standard InChI is InChI=1S/C19H23N3O3/c23-18(14-4-1-2-5-14)21-9-7-16-17(13-21)25-11-10-22(19(16)24)15-6-3-8-20-12-15/h1-3,6,8,12,14,16-17H,4-5,7,9-11,13H2/t16-,17+/m1/s1. The van der Waals surface area contributed by atoms with E-state index in [0.717, 1.165) is 18.5 Å². The van der Waals surface area contributed by atoms with Crippen molar-refractivity contribution in [2.24, 2.45) is 11.8 Å². The molecule has 2 amide bonds. The number of allylic oxidation sites excluding steroid dienone is 2. The van der Waals surface area contributed by atoms with Gasteiger partial charge in [-0.25, -0.2) is 0 Å². The van der Waals surface area contributed by atoms with E-state index in [4.69, 9.17) is 4.74 Å². The minimum absolute atomic E-state index is 0.0740. The fraction of sp³-hybridized carbons (Fsp3) is 0.526. The number of carbonyl (C=O) groups excluding carboxylic acids is 2. The van der Waals surface area contributed by atoms with Crippen LogP contribution in [0.25, 0.3) is 0 Å². The number of fused-ring (bicyclic) bond motifs is 1. The SMILES string of the molecule is O=C(C1CC=CC1)N1CC[C@H]2C(=O)N(c3cccnc3)CCO[C@H]2C1. The topological polar surface area (TPSA) is 62.7 Å². The summed E-state index contributed by atoms with van der Waals surface area (Å²) in [5, 5.41) is 0. The molecule has 1 aromatic rings. The largest absolute Gasteiger partial charge is 0.374 e. The first-order chi connectivity index (χ1) is 12.2. The van der Waals surface area contributed by atoms with E-state index in [9.17, 15) is 9.59 Å². The number of hydrogen-bond acceptors (Lipinski definition) is 4. The molecule has 2 saturated heterocycles. The molecule has 2 aliphatic heterocycles. The molecule has 25 heavy (non-hydrogen) atoms. The van der Waals surface area contributed by atoms with Crippen molar-refractivity contribution in [3.05, 3.63) is 36.7 Å². The third kappa shape index (κ3) is 3.18. The van der Waals surface area contributed by atoms with Crippen LogP contribution < -0.4 is 4.90 Å². The molecule has 132 valence electrons. The first-order valence-electron chi connectivity index (χ1n) is 9.01. The van der Waals surface area contributed by atoms with Crippen LogP contribution in [0.4, 0.5) is 5.69 Å². The van der Waals surface area contributed by atoms with Gasteiger partial charge in [-0.05, 0) is 31.4 Å². The molecular weight excluding hydrogens is 318 g/mol. The van der Waals surface area contributed by atoms with E-state index >= 15 is 0 Å². The van der Waals surface area contributed by atoms with Gasteiger partial charge in [0.1, 0.15) is 0 Å². The lowest BCUT2D eigenvalue weighted by Crippen LogP contribution is -2.52. The molecule has 0 aromatic carbocycles. The Morgan fingerprint density at radius 3 is 2.84 bits per heavy atom. The second-order valence-electron chi connectivity index (χ2n) is 6.93. The highest BCUT2D eigenvalue weighted by Gasteiger charge is 2.41.